The third-order valence-electron chi connectivity index (χ3n) is 5.98. The van der Waals surface area contributed by atoms with Gasteiger partial charge < -0.3 is 10.1 Å². The highest BCUT2D eigenvalue weighted by Gasteiger charge is 2.31. The van der Waals surface area contributed by atoms with Gasteiger partial charge in [0.2, 0.25) is 5.95 Å². The van der Waals surface area contributed by atoms with Crippen LogP contribution in [0.4, 0.5) is 23.5 Å². The number of benzene rings is 1. The molecule has 0 atom stereocenters. The van der Waals surface area contributed by atoms with Crippen molar-refractivity contribution in [3.8, 4) is 16.9 Å². The number of methoxy groups -OCH3 is 1. The molecular weight excluding hydrogens is 468 g/mol. The maximum Gasteiger partial charge on any atom is 0.417 e. The Morgan fingerprint density at radius 1 is 1.14 bits per heavy atom. The van der Waals surface area contributed by atoms with Gasteiger partial charge in [-0.2, -0.15) is 13.2 Å². The zero-order valence-corrected chi connectivity index (χ0v) is 18.7. The number of hydrogen-bond donors (Lipinski definition) is 1. The molecule has 0 radical (unpaired) electrons. The van der Waals surface area contributed by atoms with Crippen LogP contribution in [0.25, 0.3) is 16.9 Å². The largest absolute Gasteiger partial charge is 0.469 e. The van der Waals surface area contributed by atoms with E-state index in [1.807, 2.05) is 0 Å². The quantitative estimate of drug-likeness (QED) is 0.416. The number of pyridine rings is 1. The van der Waals surface area contributed by atoms with E-state index in [0.29, 0.717) is 37.9 Å². The summed E-state index contributed by atoms with van der Waals surface area (Å²) in [5.41, 5.74) is -1.31. The Hall–Kier alpha value is -3.76. The van der Waals surface area contributed by atoms with Gasteiger partial charge in [0.05, 0.1) is 24.8 Å². The van der Waals surface area contributed by atoms with E-state index in [4.69, 9.17) is 4.74 Å². The molecule has 0 saturated heterocycles. The maximum absolute atomic E-state index is 14.6. The molecule has 184 valence electrons. The van der Waals surface area contributed by atoms with Gasteiger partial charge >= 0.3 is 12.1 Å². The molecule has 1 N–H and O–H groups in total. The molecule has 2 heterocycles. The van der Waals surface area contributed by atoms with Gasteiger partial charge in [0, 0.05) is 29.6 Å². The van der Waals surface area contributed by atoms with Crippen LogP contribution in [-0.4, -0.2) is 33.7 Å². The van der Waals surface area contributed by atoms with Crippen LogP contribution in [0.1, 0.15) is 31.2 Å². The molecule has 1 saturated carbocycles. The molecule has 1 fully saturated rings. The molecule has 0 bridgehead atoms. The van der Waals surface area contributed by atoms with Gasteiger partial charge in [-0.05, 0) is 43.9 Å². The number of nitrogens with zero attached hydrogens (tertiary/aromatic N) is 3. The van der Waals surface area contributed by atoms with Crippen molar-refractivity contribution in [2.24, 2.45) is 5.92 Å². The van der Waals surface area contributed by atoms with Crippen molar-refractivity contribution in [3.63, 3.8) is 0 Å². The van der Waals surface area contributed by atoms with E-state index in [2.05, 4.69) is 15.3 Å². The molecule has 2 aromatic heterocycles. The molecule has 1 aromatic carbocycles. The molecule has 1 aliphatic carbocycles. The summed E-state index contributed by atoms with van der Waals surface area (Å²) < 4.78 is 59.6. The molecule has 0 unspecified atom stereocenters. The van der Waals surface area contributed by atoms with Crippen molar-refractivity contribution in [1.82, 2.24) is 14.5 Å². The number of hydrogen-bond acceptors (Lipinski definition) is 6. The third-order valence-corrected chi connectivity index (χ3v) is 5.98. The average Bonchev–Trinajstić information content (AvgIpc) is 2.85. The number of nitrogens with one attached hydrogen (secondary N) is 1. The van der Waals surface area contributed by atoms with E-state index >= 15 is 0 Å². The van der Waals surface area contributed by atoms with Crippen molar-refractivity contribution in [2.45, 2.75) is 37.9 Å². The van der Waals surface area contributed by atoms with Crippen LogP contribution in [0.3, 0.4) is 0 Å². The van der Waals surface area contributed by atoms with Crippen LogP contribution < -0.4 is 10.9 Å². The number of rotatable bonds is 5. The summed E-state index contributed by atoms with van der Waals surface area (Å²) in [4.78, 5) is 32.2. The van der Waals surface area contributed by atoms with Crippen LogP contribution in [0.5, 0.6) is 0 Å². The first-order chi connectivity index (χ1) is 16.7. The summed E-state index contributed by atoms with van der Waals surface area (Å²) in [5, 5.41) is 3.15. The molecule has 0 spiro atoms. The van der Waals surface area contributed by atoms with Crippen LogP contribution in [0.15, 0.2) is 53.6 Å². The second kappa shape index (κ2) is 9.85. The molecule has 11 heteroatoms. The first kappa shape index (κ1) is 24.4. The standard InChI is InChI=1S/C24H22F4N4O3/c1-35-22(34)14-5-8-17(9-6-14)30-23-29-12-19(25)21(31-23)15-3-2-4-18(11-15)32-13-16(24(26,27)28)7-10-20(32)33/h2-4,7,10-14,17H,5-6,8-9H2,1H3,(H,29,30,31). The lowest BCUT2D eigenvalue weighted by Gasteiger charge is -2.27. The fourth-order valence-electron chi connectivity index (χ4n) is 4.12. The van der Waals surface area contributed by atoms with Crippen molar-refractivity contribution < 1.29 is 27.1 Å². The second-order valence-corrected chi connectivity index (χ2v) is 8.28. The van der Waals surface area contributed by atoms with Crippen molar-refractivity contribution in [3.05, 3.63) is 70.5 Å². The van der Waals surface area contributed by atoms with Crippen LogP contribution in [0, 0.1) is 11.7 Å². The summed E-state index contributed by atoms with van der Waals surface area (Å²) in [5.74, 6) is -0.920. The van der Waals surface area contributed by atoms with Crippen LogP contribution >= 0.6 is 0 Å². The Kier molecular flexibility index (Phi) is 6.86. The van der Waals surface area contributed by atoms with Gasteiger partial charge in [0.25, 0.3) is 5.56 Å². The highest BCUT2D eigenvalue weighted by molar-refractivity contribution is 5.72. The predicted molar refractivity (Wildman–Crippen MR) is 119 cm³/mol. The SMILES string of the molecule is COC(=O)C1CCC(Nc2ncc(F)c(-c3cccc(-n4cc(C(F)(F)F)ccc4=O)c3)n2)CC1. The highest BCUT2D eigenvalue weighted by Crippen LogP contribution is 2.30. The van der Waals surface area contributed by atoms with Gasteiger partial charge in [0.15, 0.2) is 5.82 Å². The fraction of sp³-hybridized carbons (Fsp3) is 0.333. The zero-order valence-electron chi connectivity index (χ0n) is 18.7. The number of carbonyl (C=O) groups excluding carboxylic acids is 1. The smallest absolute Gasteiger partial charge is 0.417 e. The molecule has 35 heavy (non-hydrogen) atoms. The summed E-state index contributed by atoms with van der Waals surface area (Å²) >= 11 is 0. The number of esters is 1. The first-order valence-electron chi connectivity index (χ1n) is 10.9. The minimum atomic E-state index is -4.62. The summed E-state index contributed by atoms with van der Waals surface area (Å²) in [6.45, 7) is 0. The Morgan fingerprint density at radius 2 is 1.89 bits per heavy atom. The van der Waals surface area contributed by atoms with E-state index in [-0.39, 0.29) is 40.8 Å². The lowest BCUT2D eigenvalue weighted by Crippen LogP contribution is -2.30. The zero-order chi connectivity index (χ0) is 25.2. The van der Waals surface area contributed by atoms with Gasteiger partial charge in [-0.25, -0.2) is 14.4 Å². The molecule has 7 nitrogen and oxygen atoms in total. The Morgan fingerprint density at radius 3 is 2.57 bits per heavy atom. The number of anilines is 1. The summed E-state index contributed by atoms with van der Waals surface area (Å²) in [6.07, 6.45) is -0.252. The van der Waals surface area contributed by atoms with Crippen LogP contribution in [-0.2, 0) is 15.7 Å². The van der Waals surface area contributed by atoms with E-state index in [1.165, 1.54) is 25.3 Å². The summed E-state index contributed by atoms with van der Waals surface area (Å²) in [6, 6.07) is 7.41. The minimum absolute atomic E-state index is 0.00997. The van der Waals surface area contributed by atoms with E-state index in [0.717, 1.165) is 16.8 Å². The molecule has 3 aromatic rings. The van der Waals surface area contributed by atoms with Gasteiger partial charge in [-0.3, -0.25) is 14.2 Å². The van der Waals surface area contributed by atoms with E-state index in [1.54, 1.807) is 6.07 Å². The number of carbonyl (C=O) groups is 1. The first-order valence-corrected chi connectivity index (χ1v) is 10.9. The number of halogens is 4. The highest BCUT2D eigenvalue weighted by atomic mass is 19.4. The Balaban J connectivity index is 1.58. The number of ether oxygens (including phenoxy) is 1. The maximum atomic E-state index is 14.6. The lowest BCUT2D eigenvalue weighted by atomic mass is 9.86. The Bertz CT molecular complexity index is 1280. The van der Waals surface area contributed by atoms with E-state index < -0.39 is 23.1 Å². The van der Waals surface area contributed by atoms with Crippen LogP contribution in [0.2, 0.25) is 0 Å². The number of alkyl halides is 3. The molecule has 0 aliphatic heterocycles. The normalized spacial score (nSPS) is 18.2. The third kappa shape index (κ3) is 5.50. The molecule has 4 rings (SSSR count). The van der Waals surface area contributed by atoms with Gasteiger partial charge in [0.1, 0.15) is 5.69 Å². The van der Waals surface area contributed by atoms with Gasteiger partial charge in [-0.1, -0.05) is 12.1 Å². The second-order valence-electron chi connectivity index (χ2n) is 8.28. The lowest BCUT2D eigenvalue weighted by molar-refractivity contribution is -0.146. The molecular formula is C24H22F4N4O3. The topological polar surface area (TPSA) is 86.1 Å². The molecule has 0 amide bonds. The van der Waals surface area contributed by atoms with Crippen molar-refractivity contribution >= 4 is 11.9 Å². The molecule has 1 aliphatic rings. The monoisotopic (exact) mass is 490 g/mol. The van der Waals surface area contributed by atoms with Gasteiger partial charge in [-0.15, -0.1) is 0 Å². The van der Waals surface area contributed by atoms with E-state index in [9.17, 15) is 27.2 Å². The van der Waals surface area contributed by atoms with Crippen molar-refractivity contribution in [1.29, 1.82) is 0 Å². The number of aromatic nitrogens is 3. The van der Waals surface area contributed by atoms with Crippen molar-refractivity contribution in [2.75, 3.05) is 12.4 Å². The Labute approximate surface area is 197 Å². The summed E-state index contributed by atoms with van der Waals surface area (Å²) in [7, 11) is 1.36. The predicted octanol–water partition coefficient (Wildman–Crippen LogP) is 4.60. The fourth-order valence-corrected chi connectivity index (χ4v) is 4.12. The average molecular weight is 490 g/mol. The minimum Gasteiger partial charge on any atom is -0.469 e.